The van der Waals surface area contributed by atoms with Crippen LogP contribution in [0.15, 0.2) is 30.5 Å². The molecule has 0 aromatic carbocycles. The zero-order valence-corrected chi connectivity index (χ0v) is 16.6. The Morgan fingerprint density at radius 3 is 2.56 bits per heavy atom. The van der Waals surface area contributed by atoms with Crippen molar-refractivity contribution in [1.29, 1.82) is 0 Å². The van der Waals surface area contributed by atoms with E-state index in [4.69, 9.17) is 5.10 Å². The van der Waals surface area contributed by atoms with Gasteiger partial charge in [-0.3, -0.25) is 4.98 Å². The lowest BCUT2D eigenvalue weighted by atomic mass is 10.1. The van der Waals surface area contributed by atoms with Crippen molar-refractivity contribution in [2.24, 2.45) is 0 Å². The Hall–Kier alpha value is -2.70. The molecule has 1 atom stereocenters. The lowest BCUT2D eigenvalue weighted by molar-refractivity contribution is 0.640. The number of rotatable bonds is 9. The first kappa shape index (κ1) is 19.1. The summed E-state index contributed by atoms with van der Waals surface area (Å²) >= 11 is 0. The maximum atomic E-state index is 4.78. The molecule has 0 fully saturated rings. The molecule has 0 aliphatic heterocycles. The molecular weight excluding hydrogens is 338 g/mol. The molecule has 3 aromatic rings. The van der Waals surface area contributed by atoms with E-state index in [2.05, 4.69) is 53.5 Å². The van der Waals surface area contributed by atoms with Gasteiger partial charge in [0, 0.05) is 24.2 Å². The van der Waals surface area contributed by atoms with E-state index < -0.39 is 0 Å². The third-order valence-corrected chi connectivity index (χ3v) is 4.97. The monoisotopic (exact) mass is 367 g/mol. The molecule has 3 aromatic heterocycles. The zero-order valence-electron chi connectivity index (χ0n) is 16.6. The molecule has 0 aliphatic carbocycles. The number of fused-ring (bicyclic) bond motifs is 1. The van der Waals surface area contributed by atoms with Crippen LogP contribution >= 0.6 is 0 Å². The molecule has 27 heavy (non-hydrogen) atoms. The second kappa shape index (κ2) is 8.79. The maximum Gasteiger partial charge on any atom is 0.201 e. The summed E-state index contributed by atoms with van der Waals surface area (Å²) in [5, 5.41) is 20.6. The maximum absolute atomic E-state index is 4.78. The zero-order chi connectivity index (χ0) is 19.2. The van der Waals surface area contributed by atoms with Gasteiger partial charge in [-0.25, -0.2) is 0 Å². The van der Waals surface area contributed by atoms with Crippen molar-refractivity contribution in [3.63, 3.8) is 0 Å². The highest BCUT2D eigenvalue weighted by Gasteiger charge is 2.17. The van der Waals surface area contributed by atoms with Crippen molar-refractivity contribution in [2.45, 2.75) is 65.5 Å². The van der Waals surface area contributed by atoms with E-state index in [-0.39, 0.29) is 0 Å². The minimum absolute atomic E-state index is 0.291. The Morgan fingerprint density at radius 1 is 1.07 bits per heavy atom. The molecule has 7 heteroatoms. The van der Waals surface area contributed by atoms with Gasteiger partial charge in [-0.05, 0) is 31.4 Å². The molecule has 0 spiro atoms. The lowest BCUT2D eigenvalue weighted by Crippen LogP contribution is -2.19. The Kier molecular flexibility index (Phi) is 6.21. The first-order valence-electron chi connectivity index (χ1n) is 9.82. The van der Waals surface area contributed by atoms with E-state index in [1.807, 2.05) is 28.8 Å². The van der Waals surface area contributed by atoms with Gasteiger partial charge in [-0.2, -0.15) is 4.52 Å². The average molecular weight is 368 g/mol. The summed E-state index contributed by atoms with van der Waals surface area (Å²) in [6.45, 7) is 9.29. The second-order valence-electron chi connectivity index (χ2n) is 6.88. The molecule has 0 bridgehead atoms. The highest BCUT2D eigenvalue weighted by Crippen LogP contribution is 2.24. The van der Waals surface area contributed by atoms with E-state index in [0.29, 0.717) is 18.5 Å². The second-order valence-corrected chi connectivity index (χ2v) is 6.88. The number of nitrogens with zero attached hydrogens (tertiary/aromatic N) is 5. The van der Waals surface area contributed by atoms with Crippen LogP contribution in [0.3, 0.4) is 0 Å². The third kappa shape index (κ3) is 4.35. The topological polar surface area (TPSA) is 80.0 Å². The van der Waals surface area contributed by atoms with E-state index in [9.17, 15) is 0 Å². The fourth-order valence-corrected chi connectivity index (χ4v) is 2.98. The van der Waals surface area contributed by atoms with Gasteiger partial charge in [-0.1, -0.05) is 33.8 Å². The summed E-state index contributed by atoms with van der Waals surface area (Å²) in [4.78, 5) is 4.38. The summed E-state index contributed by atoms with van der Waals surface area (Å²) in [6, 6.07) is 8.32. The Bertz CT molecular complexity index is 855. The predicted octanol–water partition coefficient (Wildman–Crippen LogP) is 4.25. The summed E-state index contributed by atoms with van der Waals surface area (Å²) in [5.74, 6) is 2.02. The van der Waals surface area contributed by atoms with Crippen LogP contribution in [0, 0.1) is 0 Å². The minimum Gasteiger partial charge on any atom is -0.376 e. The molecule has 0 saturated carbocycles. The van der Waals surface area contributed by atoms with Crippen molar-refractivity contribution < 1.29 is 0 Å². The van der Waals surface area contributed by atoms with E-state index >= 15 is 0 Å². The number of pyridine rings is 1. The number of anilines is 2. The van der Waals surface area contributed by atoms with E-state index in [1.54, 1.807) is 6.20 Å². The molecule has 144 valence electrons. The predicted molar refractivity (Wildman–Crippen MR) is 109 cm³/mol. The first-order chi connectivity index (χ1) is 13.2. The largest absolute Gasteiger partial charge is 0.376 e. The van der Waals surface area contributed by atoms with Gasteiger partial charge >= 0.3 is 0 Å². The molecule has 3 rings (SSSR count). The van der Waals surface area contributed by atoms with Crippen LogP contribution in [0.25, 0.3) is 5.65 Å². The smallest absolute Gasteiger partial charge is 0.201 e. The number of hydrogen-bond donors (Lipinski definition) is 2. The summed E-state index contributed by atoms with van der Waals surface area (Å²) < 4.78 is 1.87. The minimum atomic E-state index is 0.291. The summed E-state index contributed by atoms with van der Waals surface area (Å²) in [6.07, 6.45) is 4.89. The number of aromatic nitrogens is 5. The molecule has 1 unspecified atom stereocenters. The van der Waals surface area contributed by atoms with Crippen molar-refractivity contribution in [2.75, 3.05) is 10.6 Å². The van der Waals surface area contributed by atoms with Crippen LogP contribution in [-0.4, -0.2) is 30.8 Å². The van der Waals surface area contributed by atoms with Crippen molar-refractivity contribution in [3.05, 3.63) is 42.0 Å². The summed E-state index contributed by atoms with van der Waals surface area (Å²) in [5.41, 5.74) is 2.63. The fraction of sp³-hybridized carbons (Fsp3) is 0.500. The van der Waals surface area contributed by atoms with Crippen LogP contribution in [0.5, 0.6) is 0 Å². The van der Waals surface area contributed by atoms with Crippen molar-refractivity contribution in [3.8, 4) is 0 Å². The van der Waals surface area contributed by atoms with Gasteiger partial charge in [0.25, 0.3) is 0 Å². The van der Waals surface area contributed by atoms with Gasteiger partial charge < -0.3 is 10.6 Å². The quantitative estimate of drug-likeness (QED) is 0.589. The van der Waals surface area contributed by atoms with Crippen LogP contribution < -0.4 is 10.6 Å². The molecular formula is C20H29N7. The van der Waals surface area contributed by atoms with Gasteiger partial charge in [-0.15, -0.1) is 15.3 Å². The third-order valence-electron chi connectivity index (χ3n) is 4.97. The number of hydrogen-bond acceptors (Lipinski definition) is 6. The average Bonchev–Trinajstić information content (AvgIpc) is 3.14. The van der Waals surface area contributed by atoms with Crippen molar-refractivity contribution in [1.82, 2.24) is 24.8 Å². The molecule has 7 nitrogen and oxygen atoms in total. The van der Waals surface area contributed by atoms with Crippen LogP contribution in [-0.2, 0) is 6.54 Å². The molecule has 0 aliphatic rings. The van der Waals surface area contributed by atoms with Gasteiger partial charge in [0.2, 0.25) is 5.65 Å². The van der Waals surface area contributed by atoms with Crippen molar-refractivity contribution >= 4 is 17.2 Å². The molecule has 0 radical (unpaired) electrons. The Balaban J connectivity index is 1.97. The molecule has 0 amide bonds. The standard InChI is InChI=1S/C20H29N7/c1-5-14(4)19-24-25-20-17(22-13-16-10-8-9-11-21-16)12-18(26-27(19)20)23-15(6-2)7-3/h8-12,14-15,22H,5-7,13H2,1-4H3,(H,23,26). The Labute approximate surface area is 160 Å². The molecule has 3 heterocycles. The molecule has 0 saturated heterocycles. The van der Waals surface area contributed by atoms with Gasteiger partial charge in [0.05, 0.1) is 17.9 Å². The Morgan fingerprint density at radius 2 is 1.89 bits per heavy atom. The van der Waals surface area contributed by atoms with Crippen LogP contribution in [0.4, 0.5) is 11.5 Å². The highest BCUT2D eigenvalue weighted by molar-refractivity contribution is 5.70. The SMILES string of the molecule is CCC(CC)Nc1cc(NCc2ccccn2)c2nnc(C(C)CC)n2n1. The number of nitrogens with one attached hydrogen (secondary N) is 2. The van der Waals surface area contributed by atoms with E-state index in [1.165, 1.54) is 0 Å². The summed E-state index contributed by atoms with van der Waals surface area (Å²) in [7, 11) is 0. The van der Waals surface area contributed by atoms with Gasteiger partial charge in [0.1, 0.15) is 5.82 Å². The van der Waals surface area contributed by atoms with Crippen LogP contribution in [0.1, 0.15) is 64.4 Å². The van der Waals surface area contributed by atoms with E-state index in [0.717, 1.165) is 47.9 Å². The normalized spacial score (nSPS) is 12.5. The lowest BCUT2D eigenvalue weighted by Gasteiger charge is -2.17. The first-order valence-corrected chi connectivity index (χ1v) is 9.82. The molecule has 2 N–H and O–H groups in total. The van der Waals surface area contributed by atoms with Gasteiger partial charge in [0.15, 0.2) is 5.82 Å². The highest BCUT2D eigenvalue weighted by atomic mass is 15.4. The van der Waals surface area contributed by atoms with Crippen LogP contribution in [0.2, 0.25) is 0 Å². The fourth-order valence-electron chi connectivity index (χ4n) is 2.98.